The van der Waals surface area contributed by atoms with Gasteiger partial charge in [0.2, 0.25) is 0 Å². The minimum atomic E-state index is -0.0318. The van der Waals surface area contributed by atoms with Crippen LogP contribution in [0.4, 0.5) is 0 Å². The van der Waals surface area contributed by atoms with E-state index in [1.54, 1.807) is 10.1 Å². The van der Waals surface area contributed by atoms with Gasteiger partial charge in [-0.05, 0) is 0 Å². The molecule has 2 heterocycles. The first-order valence-electron chi connectivity index (χ1n) is 5.24. The molecule has 0 unspecified atom stereocenters. The second-order valence-electron chi connectivity index (χ2n) is 3.54. The predicted octanol–water partition coefficient (Wildman–Crippen LogP) is -0.724. The van der Waals surface area contributed by atoms with Crippen molar-refractivity contribution in [1.82, 2.24) is 25.3 Å². The quantitative estimate of drug-likeness (QED) is 0.631. The Morgan fingerprint density at radius 3 is 3.12 bits per heavy atom. The summed E-state index contributed by atoms with van der Waals surface area (Å²) in [5, 5.41) is 12.9. The summed E-state index contributed by atoms with van der Waals surface area (Å²) in [4.78, 5) is 13.6. The van der Waals surface area contributed by atoms with E-state index in [4.69, 9.17) is 5.73 Å². The Bertz CT molecular complexity index is 515. The van der Waals surface area contributed by atoms with E-state index >= 15 is 0 Å². The van der Waals surface area contributed by atoms with E-state index in [1.807, 2.05) is 6.20 Å². The van der Waals surface area contributed by atoms with E-state index in [1.165, 1.54) is 0 Å². The van der Waals surface area contributed by atoms with Crippen LogP contribution >= 0.6 is 11.3 Å². The Labute approximate surface area is 102 Å². The Balaban J connectivity index is 1.79. The maximum absolute atomic E-state index is 10.9. The van der Waals surface area contributed by atoms with Gasteiger partial charge in [0.1, 0.15) is 0 Å². The second kappa shape index (κ2) is 5.71. The summed E-state index contributed by atoms with van der Waals surface area (Å²) in [6.45, 7) is 2.45. The highest BCUT2D eigenvalue weighted by Gasteiger charge is 2.00. The number of nitrogens with one attached hydrogen (secondary N) is 2. The monoisotopic (exact) mass is 254 g/mol. The van der Waals surface area contributed by atoms with Crippen LogP contribution < -0.4 is 15.9 Å². The standard InChI is InChI=1S/C9H14N6OS/c10-1-2-15-5-7(13-14-15)3-11-4-8-6-17-9(16)12-8/h5-6,11H,1-4,10H2,(H,12,16). The normalized spacial score (nSPS) is 10.9. The highest BCUT2D eigenvalue weighted by atomic mass is 32.1. The summed E-state index contributed by atoms with van der Waals surface area (Å²) in [5.74, 6) is 0. The number of hydrogen-bond acceptors (Lipinski definition) is 6. The van der Waals surface area contributed by atoms with Crippen LogP contribution in [-0.2, 0) is 19.6 Å². The number of thiazole rings is 1. The van der Waals surface area contributed by atoms with Crippen LogP contribution in [0.1, 0.15) is 11.4 Å². The molecule has 0 aliphatic carbocycles. The van der Waals surface area contributed by atoms with Crippen molar-refractivity contribution in [2.75, 3.05) is 6.54 Å². The van der Waals surface area contributed by atoms with Crippen LogP contribution in [0.2, 0.25) is 0 Å². The summed E-state index contributed by atoms with van der Waals surface area (Å²) in [5.41, 5.74) is 7.15. The molecule has 0 fully saturated rings. The van der Waals surface area contributed by atoms with Crippen molar-refractivity contribution < 1.29 is 0 Å². The van der Waals surface area contributed by atoms with Gasteiger partial charge in [-0.2, -0.15) is 0 Å². The van der Waals surface area contributed by atoms with Crippen LogP contribution in [0.5, 0.6) is 0 Å². The SMILES string of the molecule is NCCn1cc(CNCc2csc(=O)[nH]2)nn1. The Kier molecular flexibility index (Phi) is 4.02. The first-order valence-corrected chi connectivity index (χ1v) is 6.12. The fourth-order valence-electron chi connectivity index (χ4n) is 1.39. The molecule has 4 N–H and O–H groups in total. The zero-order chi connectivity index (χ0) is 12.1. The molecule has 2 rings (SSSR count). The average Bonchev–Trinajstić information content (AvgIpc) is 2.89. The molecule has 0 aliphatic rings. The lowest BCUT2D eigenvalue weighted by molar-refractivity contribution is 0.598. The van der Waals surface area contributed by atoms with Gasteiger partial charge < -0.3 is 16.0 Å². The van der Waals surface area contributed by atoms with Gasteiger partial charge in [0.25, 0.3) is 0 Å². The average molecular weight is 254 g/mol. The number of aromatic nitrogens is 4. The van der Waals surface area contributed by atoms with Crippen molar-refractivity contribution >= 4 is 11.3 Å². The first-order chi connectivity index (χ1) is 8.28. The number of nitrogens with two attached hydrogens (primary N) is 1. The topological polar surface area (TPSA) is 102 Å². The fourth-order valence-corrected chi connectivity index (χ4v) is 1.97. The van der Waals surface area contributed by atoms with Crippen LogP contribution in [0, 0.1) is 0 Å². The van der Waals surface area contributed by atoms with E-state index in [9.17, 15) is 4.79 Å². The third kappa shape index (κ3) is 3.48. The lowest BCUT2D eigenvalue weighted by atomic mass is 10.4. The highest BCUT2D eigenvalue weighted by molar-refractivity contribution is 7.07. The van der Waals surface area contributed by atoms with Crippen LogP contribution in [0.15, 0.2) is 16.4 Å². The number of nitrogens with zero attached hydrogens (tertiary/aromatic N) is 3. The Morgan fingerprint density at radius 2 is 2.41 bits per heavy atom. The molecular formula is C9H14N6OS. The zero-order valence-electron chi connectivity index (χ0n) is 9.22. The third-order valence-electron chi connectivity index (χ3n) is 2.14. The van der Waals surface area contributed by atoms with E-state index < -0.39 is 0 Å². The third-order valence-corrected chi connectivity index (χ3v) is 2.86. The number of aromatic amines is 1. The molecule has 0 aromatic carbocycles. The van der Waals surface area contributed by atoms with Crippen LogP contribution in [0.25, 0.3) is 0 Å². The minimum Gasteiger partial charge on any atom is -0.329 e. The molecule has 0 amide bonds. The van der Waals surface area contributed by atoms with Gasteiger partial charge in [0.15, 0.2) is 0 Å². The van der Waals surface area contributed by atoms with Crippen molar-refractivity contribution in [2.24, 2.45) is 5.73 Å². The van der Waals surface area contributed by atoms with E-state index in [2.05, 4.69) is 20.6 Å². The Hall–Kier alpha value is -1.51. The number of rotatable bonds is 6. The molecule has 17 heavy (non-hydrogen) atoms. The van der Waals surface area contributed by atoms with Gasteiger partial charge in [-0.25, -0.2) is 0 Å². The summed E-state index contributed by atoms with van der Waals surface area (Å²) in [6.07, 6.45) is 1.86. The number of hydrogen-bond donors (Lipinski definition) is 3. The molecule has 2 aromatic heterocycles. The lowest BCUT2D eigenvalue weighted by Crippen LogP contribution is -2.14. The predicted molar refractivity (Wildman–Crippen MR) is 64.6 cm³/mol. The molecule has 0 aliphatic heterocycles. The van der Waals surface area contributed by atoms with Crippen molar-refractivity contribution in [3.63, 3.8) is 0 Å². The van der Waals surface area contributed by atoms with E-state index in [0.717, 1.165) is 22.7 Å². The molecule has 92 valence electrons. The molecule has 2 aromatic rings. The molecule has 0 bridgehead atoms. The van der Waals surface area contributed by atoms with Gasteiger partial charge in [-0.15, -0.1) is 5.10 Å². The molecule has 0 saturated heterocycles. The number of H-pyrrole nitrogens is 1. The van der Waals surface area contributed by atoms with Crippen molar-refractivity contribution in [1.29, 1.82) is 0 Å². The maximum Gasteiger partial charge on any atom is 0.304 e. The van der Waals surface area contributed by atoms with Crippen molar-refractivity contribution in [3.05, 3.63) is 32.6 Å². The van der Waals surface area contributed by atoms with Gasteiger partial charge >= 0.3 is 4.87 Å². The zero-order valence-corrected chi connectivity index (χ0v) is 10.0. The summed E-state index contributed by atoms with van der Waals surface area (Å²) in [6, 6.07) is 0. The highest BCUT2D eigenvalue weighted by Crippen LogP contribution is 1.96. The van der Waals surface area contributed by atoms with E-state index in [0.29, 0.717) is 26.2 Å². The van der Waals surface area contributed by atoms with Gasteiger partial charge in [0, 0.05) is 36.9 Å². The van der Waals surface area contributed by atoms with E-state index in [-0.39, 0.29) is 4.87 Å². The smallest absolute Gasteiger partial charge is 0.304 e. The molecule has 7 nitrogen and oxygen atoms in total. The van der Waals surface area contributed by atoms with Crippen LogP contribution in [0.3, 0.4) is 0 Å². The molecule has 8 heteroatoms. The Morgan fingerprint density at radius 1 is 1.53 bits per heavy atom. The largest absolute Gasteiger partial charge is 0.329 e. The summed E-state index contributed by atoms with van der Waals surface area (Å²) < 4.78 is 1.71. The molecule has 0 spiro atoms. The molecule has 0 saturated carbocycles. The summed E-state index contributed by atoms with van der Waals surface area (Å²) in [7, 11) is 0. The minimum absolute atomic E-state index is 0.0318. The first kappa shape index (κ1) is 12.0. The van der Waals surface area contributed by atoms with Crippen LogP contribution in [-0.4, -0.2) is 26.5 Å². The van der Waals surface area contributed by atoms with Gasteiger partial charge in [-0.3, -0.25) is 9.48 Å². The second-order valence-corrected chi connectivity index (χ2v) is 4.38. The lowest BCUT2D eigenvalue weighted by Gasteiger charge is -1.98. The van der Waals surface area contributed by atoms with Gasteiger partial charge in [-0.1, -0.05) is 16.6 Å². The molecule has 0 radical (unpaired) electrons. The van der Waals surface area contributed by atoms with Crippen molar-refractivity contribution in [2.45, 2.75) is 19.6 Å². The fraction of sp³-hybridized carbons (Fsp3) is 0.444. The molecule has 0 atom stereocenters. The maximum atomic E-state index is 10.9. The van der Waals surface area contributed by atoms with Gasteiger partial charge in [0.05, 0.1) is 12.2 Å². The molecular weight excluding hydrogens is 240 g/mol. The summed E-state index contributed by atoms with van der Waals surface area (Å²) >= 11 is 1.16. The van der Waals surface area contributed by atoms with Crippen molar-refractivity contribution in [3.8, 4) is 0 Å².